The quantitative estimate of drug-likeness (QED) is 0.740. The van der Waals surface area contributed by atoms with Crippen molar-refractivity contribution in [3.05, 3.63) is 35.4 Å². The number of rotatable bonds is 3. The number of amides is 2. The number of hydrogen-bond acceptors (Lipinski definition) is 4. The number of carbonyl (C=O) groups excluding carboxylic acids is 1. The summed E-state index contributed by atoms with van der Waals surface area (Å²) in [6, 6.07) is 7.18. The van der Waals surface area contributed by atoms with Crippen LogP contribution in [0.5, 0.6) is 0 Å². The van der Waals surface area contributed by atoms with Gasteiger partial charge in [0, 0.05) is 19.5 Å². The Bertz CT molecular complexity index is 579. The van der Waals surface area contributed by atoms with Gasteiger partial charge in [0.15, 0.2) is 0 Å². The molecule has 0 radical (unpaired) electrons. The first-order valence-electron chi connectivity index (χ1n) is 6.45. The Morgan fingerprint density at radius 3 is 2.62 bits per heavy atom. The average Bonchev–Trinajstić information content (AvgIpc) is 2.87. The summed E-state index contributed by atoms with van der Waals surface area (Å²) in [5, 5.41) is 29.8. The van der Waals surface area contributed by atoms with Gasteiger partial charge in [-0.15, -0.1) is 0 Å². The zero-order valence-corrected chi connectivity index (χ0v) is 11.2. The lowest BCUT2D eigenvalue weighted by atomic mass is 10.1. The number of nitrogens with one attached hydrogen (secondary N) is 1. The van der Waals surface area contributed by atoms with Crippen molar-refractivity contribution >= 4 is 12.0 Å². The molecular weight excluding hydrogens is 274 g/mol. The highest BCUT2D eigenvalue weighted by molar-refractivity contribution is 5.83. The molecule has 1 heterocycles. The van der Waals surface area contributed by atoms with E-state index in [4.69, 9.17) is 10.4 Å². The van der Waals surface area contributed by atoms with E-state index in [-0.39, 0.29) is 19.5 Å². The molecule has 7 heteroatoms. The fourth-order valence-electron chi connectivity index (χ4n) is 2.25. The minimum Gasteiger partial charge on any atom is -0.480 e. The van der Waals surface area contributed by atoms with E-state index in [0.29, 0.717) is 5.56 Å². The molecule has 2 rings (SSSR count). The first-order valence-corrected chi connectivity index (χ1v) is 6.45. The average molecular weight is 289 g/mol. The maximum Gasteiger partial charge on any atom is 0.326 e. The van der Waals surface area contributed by atoms with Crippen molar-refractivity contribution in [2.45, 2.75) is 25.1 Å². The summed E-state index contributed by atoms with van der Waals surface area (Å²) in [6.07, 6.45) is -0.772. The lowest BCUT2D eigenvalue weighted by molar-refractivity contribution is -0.141. The van der Waals surface area contributed by atoms with Crippen LogP contribution in [-0.4, -0.2) is 45.8 Å². The number of likely N-dealkylation sites (tertiary alicyclic amines) is 1. The predicted molar refractivity (Wildman–Crippen MR) is 72.1 cm³/mol. The van der Waals surface area contributed by atoms with E-state index in [2.05, 4.69) is 5.32 Å². The number of hydrogen-bond donors (Lipinski definition) is 3. The topological polar surface area (TPSA) is 114 Å². The molecule has 0 saturated carbocycles. The molecule has 1 aromatic carbocycles. The Hall–Kier alpha value is -2.59. The van der Waals surface area contributed by atoms with E-state index in [9.17, 15) is 14.7 Å². The van der Waals surface area contributed by atoms with Crippen LogP contribution in [0.15, 0.2) is 24.3 Å². The SMILES string of the molecule is N#Cc1ccc(CNC(=O)N2C[C@@H](O)C[C@H]2C(=O)O)cc1. The second-order valence-electron chi connectivity index (χ2n) is 4.86. The third kappa shape index (κ3) is 3.49. The van der Waals surface area contributed by atoms with E-state index in [1.54, 1.807) is 24.3 Å². The molecule has 21 heavy (non-hydrogen) atoms. The summed E-state index contributed by atoms with van der Waals surface area (Å²) in [5.41, 5.74) is 1.33. The maximum absolute atomic E-state index is 12.0. The van der Waals surface area contributed by atoms with Crippen molar-refractivity contribution in [1.82, 2.24) is 10.2 Å². The number of aliphatic carboxylic acids is 1. The van der Waals surface area contributed by atoms with E-state index in [0.717, 1.165) is 10.5 Å². The zero-order valence-electron chi connectivity index (χ0n) is 11.2. The minimum absolute atomic E-state index is 0.0101. The minimum atomic E-state index is -1.12. The molecule has 110 valence electrons. The first-order chi connectivity index (χ1) is 10.0. The number of benzene rings is 1. The molecule has 0 aromatic heterocycles. The molecule has 3 N–H and O–H groups in total. The van der Waals surface area contributed by atoms with Gasteiger partial charge in [-0.2, -0.15) is 5.26 Å². The molecule has 2 atom stereocenters. The fraction of sp³-hybridized carbons (Fsp3) is 0.357. The van der Waals surface area contributed by atoms with Crippen LogP contribution in [0.4, 0.5) is 4.79 Å². The largest absolute Gasteiger partial charge is 0.480 e. The molecule has 0 spiro atoms. The van der Waals surface area contributed by atoms with Crippen molar-refractivity contribution in [2.24, 2.45) is 0 Å². The molecule has 1 saturated heterocycles. The zero-order chi connectivity index (χ0) is 15.4. The second kappa shape index (κ2) is 6.24. The van der Waals surface area contributed by atoms with Gasteiger partial charge >= 0.3 is 12.0 Å². The van der Waals surface area contributed by atoms with Gasteiger partial charge < -0.3 is 20.4 Å². The van der Waals surface area contributed by atoms with E-state index in [1.165, 1.54) is 0 Å². The van der Waals surface area contributed by atoms with Gasteiger partial charge in [-0.1, -0.05) is 12.1 Å². The van der Waals surface area contributed by atoms with Crippen LogP contribution < -0.4 is 5.32 Å². The smallest absolute Gasteiger partial charge is 0.326 e. The Labute approximate surface area is 121 Å². The summed E-state index contributed by atoms with van der Waals surface area (Å²) >= 11 is 0. The van der Waals surface area contributed by atoms with Gasteiger partial charge in [0.1, 0.15) is 6.04 Å². The van der Waals surface area contributed by atoms with E-state index in [1.807, 2.05) is 6.07 Å². The molecule has 0 aliphatic carbocycles. The number of aliphatic hydroxyl groups excluding tert-OH is 1. The molecular formula is C14H15N3O4. The molecule has 0 unspecified atom stereocenters. The van der Waals surface area contributed by atoms with E-state index >= 15 is 0 Å². The summed E-state index contributed by atoms with van der Waals surface area (Å²) in [5.74, 6) is -1.12. The Morgan fingerprint density at radius 1 is 1.38 bits per heavy atom. The molecule has 1 fully saturated rings. The van der Waals surface area contributed by atoms with Crippen LogP contribution in [0, 0.1) is 11.3 Å². The highest BCUT2D eigenvalue weighted by Gasteiger charge is 2.38. The molecule has 0 bridgehead atoms. The third-order valence-electron chi connectivity index (χ3n) is 3.35. The summed E-state index contributed by atoms with van der Waals surface area (Å²) in [6.45, 7) is 0.236. The van der Waals surface area contributed by atoms with Crippen LogP contribution in [0.2, 0.25) is 0 Å². The maximum atomic E-state index is 12.0. The Morgan fingerprint density at radius 2 is 2.05 bits per heavy atom. The van der Waals surface area contributed by atoms with Crippen LogP contribution >= 0.6 is 0 Å². The number of carboxylic acid groups (broad SMARTS) is 1. The molecule has 7 nitrogen and oxygen atoms in total. The van der Waals surface area contributed by atoms with Crippen molar-refractivity contribution in [2.75, 3.05) is 6.54 Å². The number of urea groups is 1. The molecule has 1 aliphatic heterocycles. The van der Waals surface area contributed by atoms with Gasteiger partial charge in [-0.05, 0) is 17.7 Å². The van der Waals surface area contributed by atoms with Crippen LogP contribution in [-0.2, 0) is 11.3 Å². The van der Waals surface area contributed by atoms with Gasteiger partial charge in [-0.25, -0.2) is 9.59 Å². The number of aliphatic hydroxyl groups is 1. The summed E-state index contributed by atoms with van der Waals surface area (Å²) < 4.78 is 0. The van der Waals surface area contributed by atoms with Crippen molar-refractivity contribution < 1.29 is 19.8 Å². The van der Waals surface area contributed by atoms with Gasteiger partial charge in [0.25, 0.3) is 0 Å². The normalized spacial score (nSPS) is 20.9. The number of β-amino-alcohol motifs (C(OH)–C–C–N with tert-alkyl or cyclic N) is 1. The highest BCUT2D eigenvalue weighted by Crippen LogP contribution is 2.18. The van der Waals surface area contributed by atoms with E-state index < -0.39 is 24.1 Å². The predicted octanol–water partition coefficient (Wildman–Crippen LogP) is 0.288. The van der Waals surface area contributed by atoms with Crippen LogP contribution in [0.3, 0.4) is 0 Å². The second-order valence-corrected chi connectivity index (χ2v) is 4.86. The third-order valence-corrected chi connectivity index (χ3v) is 3.35. The number of nitriles is 1. The van der Waals surface area contributed by atoms with Crippen molar-refractivity contribution in [1.29, 1.82) is 5.26 Å². The Balaban J connectivity index is 1.94. The van der Waals surface area contributed by atoms with Gasteiger partial charge in [0.2, 0.25) is 0 Å². The van der Waals surface area contributed by atoms with Crippen LogP contribution in [0.1, 0.15) is 17.5 Å². The number of nitrogens with zero attached hydrogens (tertiary/aromatic N) is 2. The lowest BCUT2D eigenvalue weighted by Gasteiger charge is -2.21. The summed E-state index contributed by atoms with van der Waals surface area (Å²) in [4.78, 5) is 24.2. The van der Waals surface area contributed by atoms with Gasteiger partial charge in [0.05, 0.1) is 17.7 Å². The van der Waals surface area contributed by atoms with Crippen molar-refractivity contribution in [3.8, 4) is 6.07 Å². The van der Waals surface area contributed by atoms with Crippen LogP contribution in [0.25, 0.3) is 0 Å². The molecule has 2 amide bonds. The fourth-order valence-corrected chi connectivity index (χ4v) is 2.25. The monoisotopic (exact) mass is 289 g/mol. The Kier molecular flexibility index (Phi) is 4.40. The molecule has 1 aromatic rings. The number of carbonyl (C=O) groups is 2. The first kappa shape index (κ1) is 14.8. The lowest BCUT2D eigenvalue weighted by Crippen LogP contribution is -2.45. The summed E-state index contributed by atoms with van der Waals surface area (Å²) in [7, 11) is 0. The standard InChI is InChI=1S/C14H15N3O4/c15-6-9-1-3-10(4-2-9)7-16-14(21)17-8-11(18)5-12(17)13(19)20/h1-4,11-12,18H,5,7-8H2,(H,16,21)(H,19,20)/t11-,12-/m0/s1. The number of carboxylic acids is 1. The van der Waals surface area contributed by atoms with Gasteiger partial charge in [-0.3, -0.25) is 0 Å². The molecule has 1 aliphatic rings. The highest BCUT2D eigenvalue weighted by atomic mass is 16.4. The van der Waals surface area contributed by atoms with Crippen molar-refractivity contribution in [3.63, 3.8) is 0 Å².